The van der Waals surface area contributed by atoms with E-state index in [4.69, 9.17) is 0 Å². The van der Waals surface area contributed by atoms with Crippen LogP contribution in [0.4, 0.5) is 0 Å². The quantitative estimate of drug-likeness (QED) is 0.827. The van der Waals surface area contributed by atoms with Gasteiger partial charge in [0.15, 0.2) is 0 Å². The molecule has 0 radical (unpaired) electrons. The smallest absolute Gasteiger partial charge is 0.255 e. The van der Waals surface area contributed by atoms with Crippen LogP contribution in [0.5, 0.6) is 5.75 Å². The van der Waals surface area contributed by atoms with Crippen LogP contribution < -0.4 is 5.32 Å². The molecule has 0 aromatic heterocycles. The molecule has 1 amide bonds. The van der Waals surface area contributed by atoms with Crippen molar-refractivity contribution in [3.63, 3.8) is 0 Å². The molecule has 0 aliphatic rings. The normalized spacial score (nSPS) is 12.1. The summed E-state index contributed by atoms with van der Waals surface area (Å²) in [6, 6.07) is 6.56. The summed E-state index contributed by atoms with van der Waals surface area (Å²) in [7, 11) is 0. The van der Waals surface area contributed by atoms with E-state index in [1.54, 1.807) is 30.0 Å². The number of nitrogens with one attached hydrogen (secondary N) is 1. The van der Waals surface area contributed by atoms with Gasteiger partial charge < -0.3 is 10.4 Å². The predicted octanol–water partition coefficient (Wildman–Crippen LogP) is 2.12. The van der Waals surface area contributed by atoms with E-state index in [2.05, 4.69) is 12.2 Å². The molecular weight excluding hydrogens is 222 g/mol. The van der Waals surface area contributed by atoms with Gasteiger partial charge in [0.05, 0.1) is 5.56 Å². The molecule has 1 rings (SSSR count). The summed E-state index contributed by atoms with van der Waals surface area (Å²) < 4.78 is 0. The number of aromatic hydroxyl groups is 1. The Hall–Kier alpha value is -1.16. The van der Waals surface area contributed by atoms with Gasteiger partial charge in [0.2, 0.25) is 0 Å². The fourth-order valence-corrected chi connectivity index (χ4v) is 2.06. The molecule has 16 heavy (non-hydrogen) atoms. The van der Waals surface area contributed by atoms with Crippen LogP contribution >= 0.6 is 11.8 Å². The second-order valence-corrected chi connectivity index (χ2v) is 4.70. The average Bonchev–Trinajstić information content (AvgIpc) is 2.27. The molecular formula is C12H17NO2S. The number of benzene rings is 1. The van der Waals surface area contributed by atoms with Gasteiger partial charge in [-0.2, -0.15) is 11.8 Å². The third-order valence-electron chi connectivity index (χ3n) is 2.21. The lowest BCUT2D eigenvalue weighted by atomic mass is 10.1. The van der Waals surface area contributed by atoms with Crippen molar-refractivity contribution >= 4 is 17.7 Å². The summed E-state index contributed by atoms with van der Waals surface area (Å²) in [4.78, 5) is 11.7. The minimum absolute atomic E-state index is 0.0255. The lowest BCUT2D eigenvalue weighted by molar-refractivity contribution is 0.0946. The van der Waals surface area contributed by atoms with Gasteiger partial charge in [0.1, 0.15) is 5.75 Å². The van der Waals surface area contributed by atoms with E-state index in [0.717, 1.165) is 5.75 Å². The number of rotatable bonds is 5. The first-order valence-corrected chi connectivity index (χ1v) is 6.59. The zero-order valence-electron chi connectivity index (χ0n) is 9.56. The Balaban J connectivity index is 2.50. The van der Waals surface area contributed by atoms with E-state index in [1.807, 2.05) is 6.26 Å². The molecule has 0 saturated heterocycles. The molecule has 0 aliphatic carbocycles. The number of phenolic OH excluding ortho intramolecular Hbond substituents is 1. The second kappa shape index (κ2) is 6.43. The summed E-state index contributed by atoms with van der Waals surface area (Å²) in [6.45, 7) is 2.72. The molecule has 88 valence electrons. The molecule has 1 aromatic carbocycles. The van der Waals surface area contributed by atoms with Gasteiger partial charge >= 0.3 is 0 Å². The molecule has 1 aromatic rings. The Bertz CT molecular complexity index is 355. The van der Waals surface area contributed by atoms with Gasteiger partial charge in [-0.05, 0) is 30.1 Å². The Kier molecular flexibility index (Phi) is 5.19. The average molecular weight is 239 g/mol. The van der Waals surface area contributed by atoms with Crippen molar-refractivity contribution in [2.75, 3.05) is 18.6 Å². The van der Waals surface area contributed by atoms with E-state index >= 15 is 0 Å². The molecule has 2 N–H and O–H groups in total. The van der Waals surface area contributed by atoms with Crippen molar-refractivity contribution in [2.45, 2.75) is 6.92 Å². The van der Waals surface area contributed by atoms with E-state index < -0.39 is 0 Å². The highest BCUT2D eigenvalue weighted by atomic mass is 32.2. The van der Waals surface area contributed by atoms with Crippen LogP contribution in [0, 0.1) is 5.92 Å². The van der Waals surface area contributed by atoms with E-state index in [1.165, 1.54) is 6.07 Å². The van der Waals surface area contributed by atoms with Gasteiger partial charge in [0.25, 0.3) is 5.91 Å². The maximum atomic E-state index is 11.7. The molecule has 3 nitrogen and oxygen atoms in total. The highest BCUT2D eigenvalue weighted by molar-refractivity contribution is 7.98. The van der Waals surface area contributed by atoms with E-state index in [9.17, 15) is 9.90 Å². The summed E-state index contributed by atoms with van der Waals surface area (Å²) >= 11 is 1.76. The fourth-order valence-electron chi connectivity index (χ4n) is 1.37. The van der Waals surface area contributed by atoms with Crippen LogP contribution in [0.2, 0.25) is 0 Å². The number of para-hydroxylation sites is 1. The lowest BCUT2D eigenvalue weighted by Gasteiger charge is -2.11. The van der Waals surface area contributed by atoms with Gasteiger partial charge in [-0.3, -0.25) is 4.79 Å². The largest absolute Gasteiger partial charge is 0.507 e. The Morgan fingerprint density at radius 3 is 2.81 bits per heavy atom. The van der Waals surface area contributed by atoms with Crippen molar-refractivity contribution < 1.29 is 9.90 Å². The SMILES string of the molecule is CSCC(C)CNC(=O)c1ccccc1O. The zero-order valence-corrected chi connectivity index (χ0v) is 10.4. The van der Waals surface area contributed by atoms with E-state index in [0.29, 0.717) is 18.0 Å². The maximum Gasteiger partial charge on any atom is 0.255 e. The third kappa shape index (κ3) is 3.77. The minimum atomic E-state index is -0.217. The van der Waals surface area contributed by atoms with Crippen LogP contribution in [0.3, 0.4) is 0 Å². The summed E-state index contributed by atoms with van der Waals surface area (Å²) in [6.07, 6.45) is 2.04. The first-order valence-electron chi connectivity index (χ1n) is 5.20. The number of thioether (sulfide) groups is 1. The Morgan fingerprint density at radius 2 is 2.19 bits per heavy atom. The number of carbonyl (C=O) groups is 1. The maximum absolute atomic E-state index is 11.7. The minimum Gasteiger partial charge on any atom is -0.507 e. The Morgan fingerprint density at radius 1 is 1.50 bits per heavy atom. The molecule has 0 saturated carbocycles. The standard InChI is InChI=1S/C12H17NO2S/c1-9(8-16-2)7-13-12(15)10-5-3-4-6-11(10)14/h3-6,9,14H,7-8H2,1-2H3,(H,13,15). The second-order valence-electron chi connectivity index (χ2n) is 3.79. The highest BCUT2D eigenvalue weighted by Crippen LogP contribution is 2.15. The van der Waals surface area contributed by atoms with Gasteiger partial charge in [-0.1, -0.05) is 19.1 Å². The molecule has 1 unspecified atom stereocenters. The number of phenols is 1. The van der Waals surface area contributed by atoms with Crippen LogP contribution in [0.15, 0.2) is 24.3 Å². The molecule has 0 aliphatic heterocycles. The Labute approximate surface area is 100 Å². The van der Waals surface area contributed by atoms with Crippen LogP contribution in [0.25, 0.3) is 0 Å². The highest BCUT2D eigenvalue weighted by Gasteiger charge is 2.10. The van der Waals surface area contributed by atoms with Crippen molar-refractivity contribution in [1.29, 1.82) is 0 Å². The summed E-state index contributed by atoms with van der Waals surface area (Å²) in [5, 5.41) is 12.3. The summed E-state index contributed by atoms with van der Waals surface area (Å²) in [5.74, 6) is 1.26. The van der Waals surface area contributed by atoms with Gasteiger partial charge in [0, 0.05) is 6.54 Å². The molecule has 0 spiro atoms. The number of amides is 1. The molecule has 0 fully saturated rings. The van der Waals surface area contributed by atoms with Crippen molar-refractivity contribution in [2.24, 2.45) is 5.92 Å². The molecule has 0 bridgehead atoms. The van der Waals surface area contributed by atoms with Crippen molar-refractivity contribution in [3.8, 4) is 5.75 Å². The fraction of sp³-hybridized carbons (Fsp3) is 0.417. The summed E-state index contributed by atoms with van der Waals surface area (Å²) in [5.41, 5.74) is 0.332. The topological polar surface area (TPSA) is 49.3 Å². The lowest BCUT2D eigenvalue weighted by Crippen LogP contribution is -2.29. The monoisotopic (exact) mass is 239 g/mol. The van der Waals surface area contributed by atoms with Crippen molar-refractivity contribution in [3.05, 3.63) is 29.8 Å². The third-order valence-corrected chi connectivity index (χ3v) is 3.11. The molecule has 0 heterocycles. The van der Waals surface area contributed by atoms with Gasteiger partial charge in [-0.15, -0.1) is 0 Å². The van der Waals surface area contributed by atoms with Crippen LogP contribution in [-0.4, -0.2) is 29.6 Å². The number of carbonyl (C=O) groups excluding carboxylic acids is 1. The van der Waals surface area contributed by atoms with Crippen molar-refractivity contribution in [1.82, 2.24) is 5.32 Å². The van der Waals surface area contributed by atoms with Gasteiger partial charge in [-0.25, -0.2) is 0 Å². The predicted molar refractivity (Wildman–Crippen MR) is 68.0 cm³/mol. The first-order chi connectivity index (χ1) is 7.65. The van der Waals surface area contributed by atoms with Crippen LogP contribution in [-0.2, 0) is 0 Å². The molecule has 4 heteroatoms. The first kappa shape index (κ1) is 12.9. The van der Waals surface area contributed by atoms with Crippen LogP contribution in [0.1, 0.15) is 17.3 Å². The number of hydrogen-bond acceptors (Lipinski definition) is 3. The zero-order chi connectivity index (χ0) is 12.0. The number of hydrogen-bond donors (Lipinski definition) is 2. The molecule has 1 atom stereocenters. The van der Waals surface area contributed by atoms with E-state index in [-0.39, 0.29) is 11.7 Å².